The van der Waals surface area contributed by atoms with Crippen molar-refractivity contribution in [1.29, 1.82) is 0 Å². The summed E-state index contributed by atoms with van der Waals surface area (Å²) in [5.74, 6) is -1.09. The van der Waals surface area contributed by atoms with Gasteiger partial charge in [0.25, 0.3) is 0 Å². The summed E-state index contributed by atoms with van der Waals surface area (Å²) in [6.07, 6.45) is 0. The van der Waals surface area contributed by atoms with Crippen LogP contribution in [0.1, 0.15) is 0 Å². The summed E-state index contributed by atoms with van der Waals surface area (Å²) >= 11 is 0. The zero-order valence-electron chi connectivity index (χ0n) is 14.9. The number of hydrogen-bond donors (Lipinski definition) is 1. The number of anilines is 1. The molecule has 2 heterocycles. The second-order valence-electron chi connectivity index (χ2n) is 6.68. The van der Waals surface area contributed by atoms with Crippen LogP contribution in [-0.2, 0) is 9.59 Å². The lowest BCUT2D eigenvalue weighted by atomic mass is 10.2. The molecule has 1 aromatic rings. The molecule has 2 saturated heterocycles. The van der Waals surface area contributed by atoms with Crippen molar-refractivity contribution in [2.45, 2.75) is 0 Å². The monoisotopic (exact) mass is 363 g/mol. The Morgan fingerprint density at radius 1 is 0.846 bits per heavy atom. The van der Waals surface area contributed by atoms with E-state index in [1.807, 2.05) is 0 Å². The van der Waals surface area contributed by atoms with Gasteiger partial charge < -0.3 is 20.4 Å². The van der Waals surface area contributed by atoms with Gasteiger partial charge in [0.05, 0.1) is 0 Å². The zero-order valence-corrected chi connectivity index (χ0v) is 14.9. The molecular weight excluding hydrogens is 337 g/mol. The number of carbonyl (C=O) groups is 2. The van der Waals surface area contributed by atoms with Crippen LogP contribution in [0.25, 0.3) is 0 Å². The average Bonchev–Trinajstić information content (AvgIpc) is 2.68. The minimum atomic E-state index is -0.420. The van der Waals surface area contributed by atoms with Gasteiger partial charge in [0.15, 0.2) is 0 Å². The summed E-state index contributed by atoms with van der Waals surface area (Å²) in [5, 5.41) is 0. The van der Waals surface area contributed by atoms with E-state index < -0.39 is 11.8 Å². The van der Waals surface area contributed by atoms with Crippen molar-refractivity contribution in [2.75, 3.05) is 70.3 Å². The molecule has 0 radical (unpaired) electrons. The summed E-state index contributed by atoms with van der Waals surface area (Å²) in [5.41, 5.74) is 6.49. The van der Waals surface area contributed by atoms with E-state index in [2.05, 4.69) is 9.80 Å². The SMILES string of the molecule is NCCN1CCN(C(=O)C(=O)N2CCN(c3ccc(F)cc3)CC2)CC1. The predicted octanol–water partition coefficient (Wildman–Crippen LogP) is -0.423. The molecule has 2 aliphatic heterocycles. The maximum atomic E-state index is 13.0. The van der Waals surface area contributed by atoms with Gasteiger partial charge in [0, 0.05) is 71.1 Å². The Bertz CT molecular complexity index is 623. The van der Waals surface area contributed by atoms with Gasteiger partial charge in [-0.15, -0.1) is 0 Å². The molecule has 0 saturated carbocycles. The first-order valence-electron chi connectivity index (χ1n) is 9.09. The van der Waals surface area contributed by atoms with Crippen LogP contribution in [-0.4, -0.2) is 92.0 Å². The highest BCUT2D eigenvalue weighted by molar-refractivity contribution is 6.35. The van der Waals surface area contributed by atoms with Gasteiger partial charge in [0.1, 0.15) is 5.82 Å². The molecule has 26 heavy (non-hydrogen) atoms. The molecule has 3 rings (SSSR count). The third-order valence-electron chi connectivity index (χ3n) is 5.05. The molecule has 142 valence electrons. The highest BCUT2D eigenvalue weighted by atomic mass is 19.1. The van der Waals surface area contributed by atoms with Crippen LogP contribution in [0, 0.1) is 5.82 Å². The van der Waals surface area contributed by atoms with Gasteiger partial charge in [-0.05, 0) is 24.3 Å². The lowest BCUT2D eigenvalue weighted by Gasteiger charge is -2.38. The Labute approximate surface area is 153 Å². The third-order valence-corrected chi connectivity index (χ3v) is 5.05. The highest BCUT2D eigenvalue weighted by Gasteiger charge is 2.31. The third kappa shape index (κ3) is 4.31. The van der Waals surface area contributed by atoms with Crippen LogP contribution in [0.3, 0.4) is 0 Å². The van der Waals surface area contributed by atoms with E-state index in [4.69, 9.17) is 5.73 Å². The molecule has 2 aliphatic rings. The minimum absolute atomic E-state index is 0.264. The zero-order chi connectivity index (χ0) is 18.5. The molecule has 8 heteroatoms. The number of carbonyl (C=O) groups excluding carboxylic acids is 2. The molecule has 0 unspecified atom stereocenters. The molecule has 1 aromatic carbocycles. The number of hydrogen-bond acceptors (Lipinski definition) is 5. The Balaban J connectivity index is 1.49. The Hall–Kier alpha value is -2.19. The van der Waals surface area contributed by atoms with Crippen LogP contribution in [0.5, 0.6) is 0 Å². The minimum Gasteiger partial charge on any atom is -0.368 e. The van der Waals surface area contributed by atoms with Crippen molar-refractivity contribution in [3.8, 4) is 0 Å². The molecule has 7 nitrogen and oxygen atoms in total. The maximum Gasteiger partial charge on any atom is 0.312 e. The fourth-order valence-corrected chi connectivity index (χ4v) is 3.45. The van der Waals surface area contributed by atoms with Gasteiger partial charge in [0.2, 0.25) is 0 Å². The summed E-state index contributed by atoms with van der Waals surface area (Å²) in [6.45, 7) is 6.34. The van der Waals surface area contributed by atoms with Crippen molar-refractivity contribution in [1.82, 2.24) is 14.7 Å². The van der Waals surface area contributed by atoms with Crippen LogP contribution < -0.4 is 10.6 Å². The maximum absolute atomic E-state index is 13.0. The molecular formula is C18H26FN5O2. The summed E-state index contributed by atoms with van der Waals surface area (Å²) < 4.78 is 13.0. The van der Waals surface area contributed by atoms with Crippen molar-refractivity contribution >= 4 is 17.5 Å². The van der Waals surface area contributed by atoms with Gasteiger partial charge in [-0.2, -0.15) is 0 Å². The molecule has 0 aromatic heterocycles. The van der Waals surface area contributed by atoms with Gasteiger partial charge in [-0.25, -0.2) is 4.39 Å². The predicted molar refractivity (Wildman–Crippen MR) is 97.3 cm³/mol. The van der Waals surface area contributed by atoms with Crippen molar-refractivity contribution in [3.05, 3.63) is 30.1 Å². The van der Waals surface area contributed by atoms with Crippen LogP contribution >= 0.6 is 0 Å². The number of piperazine rings is 2. The lowest BCUT2D eigenvalue weighted by Crippen LogP contribution is -2.56. The van der Waals surface area contributed by atoms with Crippen LogP contribution in [0.4, 0.5) is 10.1 Å². The standard InChI is InChI=1S/C18H26FN5O2/c19-15-1-3-16(4-2-15)22-11-13-24(14-12-22)18(26)17(25)23-9-7-21(6-5-20)8-10-23/h1-4H,5-14,20H2. The second-order valence-corrected chi connectivity index (χ2v) is 6.68. The largest absolute Gasteiger partial charge is 0.368 e. The topological polar surface area (TPSA) is 73.1 Å². The van der Waals surface area contributed by atoms with Crippen LogP contribution in [0.2, 0.25) is 0 Å². The Kier molecular flexibility index (Phi) is 6.05. The molecule has 0 bridgehead atoms. The number of rotatable bonds is 3. The molecule has 2 N–H and O–H groups in total. The van der Waals surface area contributed by atoms with E-state index in [0.29, 0.717) is 45.8 Å². The van der Waals surface area contributed by atoms with E-state index >= 15 is 0 Å². The smallest absolute Gasteiger partial charge is 0.312 e. The number of amides is 2. The molecule has 2 fully saturated rings. The fraction of sp³-hybridized carbons (Fsp3) is 0.556. The normalized spacial score (nSPS) is 18.9. The molecule has 0 spiro atoms. The number of benzene rings is 1. The van der Waals surface area contributed by atoms with Crippen molar-refractivity contribution in [2.24, 2.45) is 5.73 Å². The Morgan fingerprint density at radius 2 is 1.35 bits per heavy atom. The van der Waals surface area contributed by atoms with Crippen molar-refractivity contribution in [3.63, 3.8) is 0 Å². The fourth-order valence-electron chi connectivity index (χ4n) is 3.45. The van der Waals surface area contributed by atoms with E-state index in [9.17, 15) is 14.0 Å². The van der Waals surface area contributed by atoms with Crippen LogP contribution in [0.15, 0.2) is 24.3 Å². The van der Waals surface area contributed by atoms with E-state index in [0.717, 1.165) is 25.3 Å². The summed E-state index contributed by atoms with van der Waals surface area (Å²) in [7, 11) is 0. The molecule has 2 amide bonds. The quantitative estimate of drug-likeness (QED) is 0.739. The van der Waals surface area contributed by atoms with E-state index in [1.165, 1.54) is 12.1 Å². The molecule has 0 atom stereocenters. The molecule has 0 aliphatic carbocycles. The van der Waals surface area contributed by atoms with Gasteiger partial charge in [-0.3, -0.25) is 14.5 Å². The highest BCUT2D eigenvalue weighted by Crippen LogP contribution is 2.17. The van der Waals surface area contributed by atoms with Crippen molar-refractivity contribution < 1.29 is 14.0 Å². The average molecular weight is 363 g/mol. The Morgan fingerprint density at radius 3 is 1.85 bits per heavy atom. The van der Waals surface area contributed by atoms with E-state index in [-0.39, 0.29) is 5.82 Å². The number of nitrogens with two attached hydrogens (primary N) is 1. The first kappa shape index (κ1) is 18.6. The number of halogens is 1. The summed E-state index contributed by atoms with van der Waals surface area (Å²) in [4.78, 5) is 32.6. The lowest BCUT2D eigenvalue weighted by molar-refractivity contribution is -0.153. The van der Waals surface area contributed by atoms with E-state index in [1.54, 1.807) is 21.9 Å². The van der Waals surface area contributed by atoms with Gasteiger partial charge >= 0.3 is 11.8 Å². The second kappa shape index (κ2) is 8.46. The first-order chi connectivity index (χ1) is 12.6. The first-order valence-corrected chi connectivity index (χ1v) is 9.09. The van der Waals surface area contributed by atoms with Gasteiger partial charge in [-0.1, -0.05) is 0 Å². The summed E-state index contributed by atoms with van der Waals surface area (Å²) in [6, 6.07) is 6.33. The number of nitrogens with zero attached hydrogens (tertiary/aromatic N) is 4.